The van der Waals surface area contributed by atoms with Crippen LogP contribution in [0.3, 0.4) is 0 Å². The van der Waals surface area contributed by atoms with Gasteiger partial charge in [0.25, 0.3) is 0 Å². The van der Waals surface area contributed by atoms with Gasteiger partial charge >= 0.3 is 12.0 Å². The Morgan fingerprint density at radius 3 is 1.92 bits per heavy atom. The summed E-state index contributed by atoms with van der Waals surface area (Å²) in [5.74, 6) is 2.45. The number of nitrogens with zero attached hydrogens (tertiary/aromatic N) is 3. The highest BCUT2D eigenvalue weighted by atomic mass is 16.5. The highest BCUT2D eigenvalue weighted by molar-refractivity contribution is 5.19. The van der Waals surface area contributed by atoms with Gasteiger partial charge in [-0.2, -0.15) is 9.97 Å². The monoisotopic (exact) mass is 165 g/mol. The molecule has 1 aromatic rings. The van der Waals surface area contributed by atoms with Crippen molar-refractivity contribution in [1.29, 1.82) is 0 Å². The van der Waals surface area contributed by atoms with E-state index in [1.165, 1.54) is 14.2 Å². The fourth-order valence-corrected chi connectivity index (χ4v) is 0.585. The standard InChI is InChI=1S/C7H7N3O2/c1-4-5-8-6(11-2)10-7(9-5)12-3/h1H,2-3H3. The highest BCUT2D eigenvalue weighted by Gasteiger charge is 2.03. The number of rotatable bonds is 2. The van der Waals surface area contributed by atoms with Crippen molar-refractivity contribution in [2.45, 2.75) is 0 Å². The molecule has 0 aliphatic carbocycles. The maximum Gasteiger partial charge on any atom is 0.323 e. The molecule has 5 nitrogen and oxygen atoms in total. The molecule has 12 heavy (non-hydrogen) atoms. The second-order valence-electron chi connectivity index (χ2n) is 1.78. The predicted molar refractivity (Wildman–Crippen MR) is 40.9 cm³/mol. The number of hydrogen-bond acceptors (Lipinski definition) is 5. The number of terminal acetylenes is 1. The van der Waals surface area contributed by atoms with Gasteiger partial charge in [-0.15, -0.1) is 11.4 Å². The van der Waals surface area contributed by atoms with E-state index in [1.807, 2.05) is 0 Å². The smallest absolute Gasteiger partial charge is 0.323 e. The quantitative estimate of drug-likeness (QED) is 0.571. The van der Waals surface area contributed by atoms with E-state index >= 15 is 0 Å². The SMILES string of the molecule is C#Cc1nc(OC)nc(OC)n1. The lowest BCUT2D eigenvalue weighted by molar-refractivity contribution is 0.339. The predicted octanol–water partition coefficient (Wildman–Crippen LogP) is -0.130. The second-order valence-corrected chi connectivity index (χ2v) is 1.78. The van der Waals surface area contributed by atoms with Crippen molar-refractivity contribution in [2.75, 3.05) is 14.2 Å². The Labute approximate surface area is 69.8 Å². The van der Waals surface area contributed by atoms with E-state index in [9.17, 15) is 0 Å². The highest BCUT2D eigenvalue weighted by Crippen LogP contribution is 2.07. The summed E-state index contributed by atoms with van der Waals surface area (Å²) in [6.07, 6.45) is 5.08. The zero-order valence-electron chi connectivity index (χ0n) is 6.74. The molecular formula is C7H7N3O2. The van der Waals surface area contributed by atoms with Crippen LogP contribution in [-0.4, -0.2) is 29.2 Å². The van der Waals surface area contributed by atoms with Crippen molar-refractivity contribution in [1.82, 2.24) is 15.0 Å². The normalized spacial score (nSPS) is 8.75. The average Bonchev–Trinajstić information content (AvgIpc) is 2.16. The fraction of sp³-hybridized carbons (Fsp3) is 0.286. The van der Waals surface area contributed by atoms with Crippen LogP contribution in [0.5, 0.6) is 12.0 Å². The van der Waals surface area contributed by atoms with Crippen LogP contribution in [0, 0.1) is 12.3 Å². The van der Waals surface area contributed by atoms with Gasteiger partial charge in [0.05, 0.1) is 14.2 Å². The van der Waals surface area contributed by atoms with Crippen LogP contribution in [0.25, 0.3) is 0 Å². The molecule has 0 bridgehead atoms. The molecule has 0 saturated heterocycles. The molecule has 1 aromatic heterocycles. The summed E-state index contributed by atoms with van der Waals surface area (Å²) >= 11 is 0. The molecule has 0 radical (unpaired) electrons. The minimum atomic E-state index is 0.148. The Balaban J connectivity index is 3.12. The van der Waals surface area contributed by atoms with Crippen LogP contribution < -0.4 is 9.47 Å². The number of ether oxygens (including phenoxy) is 2. The molecule has 0 spiro atoms. The molecule has 0 saturated carbocycles. The molecule has 1 rings (SSSR count). The Kier molecular flexibility index (Phi) is 2.43. The third-order valence-electron chi connectivity index (χ3n) is 1.09. The summed E-state index contributed by atoms with van der Waals surface area (Å²) in [4.78, 5) is 11.3. The van der Waals surface area contributed by atoms with Gasteiger partial charge < -0.3 is 9.47 Å². The summed E-state index contributed by atoms with van der Waals surface area (Å²) in [5.41, 5.74) is 0. The van der Waals surface area contributed by atoms with Crippen molar-refractivity contribution in [3.05, 3.63) is 5.82 Å². The van der Waals surface area contributed by atoms with E-state index in [-0.39, 0.29) is 17.8 Å². The molecule has 1 heterocycles. The van der Waals surface area contributed by atoms with Gasteiger partial charge in [0.1, 0.15) is 0 Å². The molecular weight excluding hydrogens is 158 g/mol. The molecule has 0 N–H and O–H groups in total. The number of hydrogen-bond donors (Lipinski definition) is 0. The second kappa shape index (κ2) is 3.53. The molecule has 0 amide bonds. The first-order valence-electron chi connectivity index (χ1n) is 3.11. The van der Waals surface area contributed by atoms with Gasteiger partial charge in [-0.25, -0.2) is 0 Å². The van der Waals surface area contributed by atoms with Crippen molar-refractivity contribution >= 4 is 0 Å². The fourth-order valence-electron chi connectivity index (χ4n) is 0.585. The van der Waals surface area contributed by atoms with Crippen molar-refractivity contribution in [3.63, 3.8) is 0 Å². The average molecular weight is 165 g/mol. The Hall–Kier alpha value is -1.83. The first kappa shape index (κ1) is 8.27. The van der Waals surface area contributed by atoms with Crippen LogP contribution in [0.4, 0.5) is 0 Å². The van der Waals surface area contributed by atoms with Crippen LogP contribution in [0.15, 0.2) is 0 Å². The summed E-state index contributed by atoms with van der Waals surface area (Å²) in [6, 6.07) is 0.296. The molecule has 0 aliphatic heterocycles. The van der Waals surface area contributed by atoms with Gasteiger partial charge in [-0.05, 0) is 5.92 Å². The third kappa shape index (κ3) is 1.61. The third-order valence-corrected chi connectivity index (χ3v) is 1.09. The topological polar surface area (TPSA) is 57.1 Å². The van der Waals surface area contributed by atoms with Crippen LogP contribution in [0.2, 0.25) is 0 Å². The maximum atomic E-state index is 5.08. The lowest BCUT2D eigenvalue weighted by Crippen LogP contribution is -2.00. The van der Waals surface area contributed by atoms with E-state index in [0.717, 1.165) is 0 Å². The first-order valence-corrected chi connectivity index (χ1v) is 3.11. The Morgan fingerprint density at radius 1 is 1.08 bits per heavy atom. The van der Waals surface area contributed by atoms with Crippen molar-refractivity contribution < 1.29 is 9.47 Å². The van der Waals surface area contributed by atoms with E-state index in [1.54, 1.807) is 0 Å². The Morgan fingerprint density at radius 2 is 1.58 bits per heavy atom. The molecule has 62 valence electrons. The minimum absolute atomic E-state index is 0.148. The van der Waals surface area contributed by atoms with E-state index in [4.69, 9.17) is 15.9 Å². The molecule has 0 aliphatic rings. The molecule has 0 atom stereocenters. The lowest BCUT2D eigenvalue weighted by Gasteiger charge is -2.00. The van der Waals surface area contributed by atoms with Crippen LogP contribution in [0.1, 0.15) is 5.82 Å². The van der Waals surface area contributed by atoms with Gasteiger partial charge in [0.2, 0.25) is 5.82 Å². The van der Waals surface area contributed by atoms with E-state index in [0.29, 0.717) is 0 Å². The van der Waals surface area contributed by atoms with Gasteiger partial charge in [-0.1, -0.05) is 0 Å². The summed E-state index contributed by atoms with van der Waals surface area (Å²) in [6.45, 7) is 0. The largest absolute Gasteiger partial charge is 0.467 e. The van der Waals surface area contributed by atoms with Crippen LogP contribution in [-0.2, 0) is 0 Å². The van der Waals surface area contributed by atoms with Crippen molar-refractivity contribution in [2.24, 2.45) is 0 Å². The van der Waals surface area contributed by atoms with E-state index < -0.39 is 0 Å². The van der Waals surface area contributed by atoms with E-state index in [2.05, 4.69) is 20.9 Å². The molecule has 0 unspecified atom stereocenters. The zero-order chi connectivity index (χ0) is 8.97. The van der Waals surface area contributed by atoms with Gasteiger partial charge in [0.15, 0.2) is 0 Å². The lowest BCUT2D eigenvalue weighted by atomic mass is 10.6. The minimum Gasteiger partial charge on any atom is -0.467 e. The summed E-state index contributed by atoms with van der Waals surface area (Å²) in [7, 11) is 2.88. The number of aromatic nitrogens is 3. The van der Waals surface area contributed by atoms with Gasteiger partial charge in [-0.3, -0.25) is 0 Å². The van der Waals surface area contributed by atoms with Gasteiger partial charge in [0, 0.05) is 0 Å². The summed E-state index contributed by atoms with van der Waals surface area (Å²) in [5, 5.41) is 0. The first-order chi connectivity index (χ1) is 5.80. The molecule has 0 fully saturated rings. The van der Waals surface area contributed by atoms with Crippen molar-refractivity contribution in [3.8, 4) is 24.4 Å². The molecule has 0 aromatic carbocycles. The number of methoxy groups -OCH3 is 2. The summed E-state index contributed by atoms with van der Waals surface area (Å²) < 4.78 is 9.52. The zero-order valence-corrected chi connectivity index (χ0v) is 6.74. The molecule has 5 heteroatoms. The maximum absolute atomic E-state index is 5.08. The Bertz CT molecular complexity index is 297. The van der Waals surface area contributed by atoms with Crippen LogP contribution >= 0.6 is 0 Å².